The predicted octanol–water partition coefficient (Wildman–Crippen LogP) is -3.30. The first-order valence-corrected chi connectivity index (χ1v) is 12.1. The fraction of sp³-hybridized carbons (Fsp3) is 0.818. The van der Waals surface area contributed by atoms with Crippen molar-refractivity contribution >= 4 is 23.8 Å². The number of aliphatic hydroxyl groups excluding tert-OH is 4. The summed E-state index contributed by atoms with van der Waals surface area (Å²) in [6, 6.07) is -1.08. The van der Waals surface area contributed by atoms with E-state index in [1.54, 1.807) is 0 Å². The molecule has 1 aliphatic carbocycles. The summed E-state index contributed by atoms with van der Waals surface area (Å²) >= 11 is 0. The number of carbonyl (C=O) groups is 4. The lowest BCUT2D eigenvalue weighted by atomic mass is 9.87. The highest BCUT2D eigenvalue weighted by molar-refractivity contribution is 5.80. The molecule has 0 radical (unpaired) electrons. The monoisotopic (exact) mass is 520 g/mol. The topological polar surface area (TPSA) is 203 Å². The summed E-state index contributed by atoms with van der Waals surface area (Å²) in [5.41, 5.74) is 0. The van der Waals surface area contributed by atoms with Crippen LogP contribution in [0.4, 0.5) is 0 Å². The van der Waals surface area contributed by atoms with Crippen LogP contribution in [-0.2, 0) is 19.2 Å². The Bertz CT molecular complexity index is 640. The van der Waals surface area contributed by atoms with Crippen molar-refractivity contribution in [2.24, 2.45) is 0 Å². The Hall–Kier alpha value is -2.36. The van der Waals surface area contributed by atoms with Gasteiger partial charge in [-0.25, -0.2) is 0 Å². The van der Waals surface area contributed by atoms with Gasteiger partial charge in [0.15, 0.2) is 0 Å². The highest BCUT2D eigenvalue weighted by Crippen LogP contribution is 2.28. The van der Waals surface area contributed by atoms with Crippen LogP contribution in [0, 0.1) is 0 Å². The Labute approximate surface area is 210 Å². The van der Waals surface area contributed by atoms with E-state index in [4.69, 9.17) is 0 Å². The van der Waals surface area contributed by atoms with Crippen molar-refractivity contribution in [1.82, 2.24) is 19.6 Å². The van der Waals surface area contributed by atoms with Gasteiger partial charge in [-0.1, -0.05) is 12.8 Å². The fourth-order valence-corrected chi connectivity index (χ4v) is 4.62. The van der Waals surface area contributed by atoms with Gasteiger partial charge in [0, 0.05) is 38.3 Å². The Balaban J connectivity index is 3.22. The van der Waals surface area contributed by atoms with Gasteiger partial charge in [0.1, 0.15) is 0 Å². The van der Waals surface area contributed by atoms with Crippen LogP contribution in [-0.4, -0.2) is 165 Å². The molecule has 0 aromatic rings. The molecule has 0 heterocycles. The van der Waals surface area contributed by atoms with Gasteiger partial charge in [-0.05, 0) is 12.8 Å². The highest BCUT2D eigenvalue weighted by Gasteiger charge is 2.38. The molecule has 14 nitrogen and oxygen atoms in total. The molecule has 14 heteroatoms. The predicted molar refractivity (Wildman–Crippen MR) is 126 cm³/mol. The molecule has 1 saturated carbocycles. The minimum Gasteiger partial charge on any atom is -0.480 e. The molecule has 208 valence electrons. The lowest BCUT2D eigenvalue weighted by molar-refractivity contribution is -0.146. The summed E-state index contributed by atoms with van der Waals surface area (Å²) < 4.78 is 0. The minimum absolute atomic E-state index is 0.0282. The number of rotatable bonds is 18. The maximum absolute atomic E-state index is 12.9. The number of amides is 2. The number of carboxylic acids is 2. The zero-order valence-corrected chi connectivity index (χ0v) is 20.6. The average Bonchev–Trinajstić information content (AvgIpc) is 2.82. The smallest absolute Gasteiger partial charge is 0.317 e. The minimum atomic E-state index is -1.18. The van der Waals surface area contributed by atoms with Gasteiger partial charge in [-0.2, -0.15) is 0 Å². The molecule has 0 unspecified atom stereocenters. The number of aliphatic carboxylic acids is 2. The normalized spacial score (nSPS) is 17.8. The fourth-order valence-electron chi connectivity index (χ4n) is 4.62. The van der Waals surface area contributed by atoms with E-state index in [2.05, 4.69) is 0 Å². The third-order valence-corrected chi connectivity index (χ3v) is 6.17. The molecule has 0 aromatic heterocycles. The molecule has 2 atom stereocenters. The molecule has 1 fully saturated rings. The first-order valence-electron chi connectivity index (χ1n) is 12.1. The molecular weight excluding hydrogens is 480 g/mol. The molecule has 0 bridgehead atoms. The van der Waals surface area contributed by atoms with E-state index in [-0.39, 0.29) is 65.7 Å². The van der Waals surface area contributed by atoms with Gasteiger partial charge in [-0.15, -0.1) is 0 Å². The van der Waals surface area contributed by atoms with Crippen LogP contribution in [0.2, 0.25) is 0 Å². The summed E-state index contributed by atoms with van der Waals surface area (Å²) in [6.45, 7) is -3.05. The summed E-state index contributed by atoms with van der Waals surface area (Å²) in [4.78, 5) is 54.4. The second-order valence-corrected chi connectivity index (χ2v) is 8.67. The van der Waals surface area contributed by atoms with Gasteiger partial charge >= 0.3 is 11.9 Å². The van der Waals surface area contributed by atoms with E-state index >= 15 is 0 Å². The molecule has 0 aliphatic heterocycles. The van der Waals surface area contributed by atoms with Crippen molar-refractivity contribution in [2.45, 2.75) is 37.8 Å². The zero-order chi connectivity index (χ0) is 27.1. The zero-order valence-electron chi connectivity index (χ0n) is 20.6. The molecule has 36 heavy (non-hydrogen) atoms. The Kier molecular flexibility index (Phi) is 15.1. The lowest BCUT2D eigenvalue weighted by Crippen LogP contribution is -2.59. The van der Waals surface area contributed by atoms with Gasteiger partial charge in [0.25, 0.3) is 0 Å². The van der Waals surface area contributed by atoms with E-state index in [0.717, 1.165) is 12.8 Å². The Morgan fingerprint density at radius 2 is 0.861 bits per heavy atom. The third-order valence-electron chi connectivity index (χ3n) is 6.17. The maximum atomic E-state index is 12.9. The van der Waals surface area contributed by atoms with Crippen molar-refractivity contribution < 1.29 is 49.8 Å². The quantitative estimate of drug-likeness (QED) is 0.105. The second-order valence-electron chi connectivity index (χ2n) is 8.67. The van der Waals surface area contributed by atoms with E-state index in [1.807, 2.05) is 0 Å². The lowest BCUT2D eigenvalue weighted by Gasteiger charge is -2.44. The van der Waals surface area contributed by atoms with Crippen LogP contribution in [0.15, 0.2) is 0 Å². The van der Waals surface area contributed by atoms with Crippen LogP contribution in [0.5, 0.6) is 0 Å². The van der Waals surface area contributed by atoms with Gasteiger partial charge in [0.05, 0.1) is 52.6 Å². The summed E-state index contributed by atoms with van der Waals surface area (Å²) in [7, 11) is 0. The summed E-state index contributed by atoms with van der Waals surface area (Å²) in [5.74, 6) is -3.33. The van der Waals surface area contributed by atoms with Gasteiger partial charge in [-0.3, -0.25) is 29.0 Å². The number of hydrogen-bond donors (Lipinski definition) is 6. The number of aliphatic hydroxyl groups is 4. The van der Waals surface area contributed by atoms with Gasteiger partial charge < -0.3 is 40.4 Å². The molecule has 0 saturated heterocycles. The second kappa shape index (κ2) is 17.2. The summed E-state index contributed by atoms with van der Waals surface area (Å²) in [5, 5.41) is 56.0. The van der Waals surface area contributed by atoms with Crippen LogP contribution in [0.1, 0.15) is 25.7 Å². The first kappa shape index (κ1) is 31.7. The molecule has 6 N–H and O–H groups in total. The van der Waals surface area contributed by atoms with Crippen molar-refractivity contribution in [2.75, 3.05) is 78.8 Å². The summed E-state index contributed by atoms with van der Waals surface area (Å²) in [6.07, 6.45) is 2.40. The molecule has 0 spiro atoms. The Morgan fingerprint density at radius 1 is 0.556 bits per heavy atom. The van der Waals surface area contributed by atoms with Crippen molar-refractivity contribution in [3.8, 4) is 0 Å². The van der Waals surface area contributed by atoms with E-state index in [0.29, 0.717) is 12.8 Å². The molecule has 2 amide bonds. The van der Waals surface area contributed by atoms with E-state index < -0.39 is 48.9 Å². The third kappa shape index (κ3) is 10.7. The highest BCUT2D eigenvalue weighted by atomic mass is 16.4. The number of carboxylic acid groups (broad SMARTS) is 2. The van der Waals surface area contributed by atoms with Crippen LogP contribution >= 0.6 is 0 Å². The average molecular weight is 521 g/mol. The molecule has 1 rings (SSSR count). The van der Waals surface area contributed by atoms with E-state index in [9.17, 15) is 49.8 Å². The molecular formula is C22H40N4O10. The first-order chi connectivity index (χ1) is 17.2. The van der Waals surface area contributed by atoms with E-state index in [1.165, 1.54) is 19.6 Å². The number of nitrogens with zero attached hydrogens (tertiary/aromatic N) is 4. The Morgan fingerprint density at radius 3 is 1.11 bits per heavy atom. The van der Waals surface area contributed by atoms with Crippen LogP contribution < -0.4 is 0 Å². The molecule has 0 aromatic carbocycles. The van der Waals surface area contributed by atoms with Crippen molar-refractivity contribution in [1.29, 1.82) is 0 Å². The van der Waals surface area contributed by atoms with Crippen molar-refractivity contribution in [3.63, 3.8) is 0 Å². The molecule has 1 aliphatic rings. The van der Waals surface area contributed by atoms with Crippen molar-refractivity contribution in [3.05, 3.63) is 0 Å². The SMILES string of the molecule is O=C(O)CN(CC(=O)N(CCO)CCO)[C@@H]1CCCC[C@H]1N(CC(=O)O)CC(=O)N(CCO)CCO. The number of hydrogen-bond acceptors (Lipinski definition) is 10. The van der Waals surface area contributed by atoms with Gasteiger partial charge in [0.2, 0.25) is 11.8 Å². The maximum Gasteiger partial charge on any atom is 0.317 e. The standard InChI is InChI=1S/C22H40N4O10/c27-9-5-23(6-10-28)19(31)13-25(15-21(33)34)17-3-1-2-4-18(17)26(16-22(35)36)14-20(32)24(7-11-29)8-12-30/h17-18,27-30H,1-16H2,(H,33,34)(H,35,36)/t17-,18-/m1/s1. The van der Waals surface area contributed by atoms with Crippen LogP contribution in [0.3, 0.4) is 0 Å². The van der Waals surface area contributed by atoms with Crippen LogP contribution in [0.25, 0.3) is 0 Å². The largest absolute Gasteiger partial charge is 0.480 e. The number of carbonyl (C=O) groups excluding carboxylic acids is 2.